The number of pyridine rings is 1. The van der Waals surface area contributed by atoms with Crippen molar-refractivity contribution in [3.8, 4) is 5.69 Å². The first-order valence-electron chi connectivity index (χ1n) is 7.74. The Labute approximate surface area is 140 Å². The number of nitrogens with zero attached hydrogens (tertiary/aromatic N) is 3. The van der Waals surface area contributed by atoms with Crippen LogP contribution in [0.2, 0.25) is 0 Å². The van der Waals surface area contributed by atoms with Crippen LogP contribution >= 0.6 is 0 Å². The lowest BCUT2D eigenvalue weighted by molar-refractivity contribution is 0.240. The number of rotatable bonds is 5. The van der Waals surface area contributed by atoms with E-state index in [4.69, 9.17) is 0 Å². The van der Waals surface area contributed by atoms with Crippen molar-refractivity contribution < 1.29 is 4.79 Å². The molecule has 2 aromatic heterocycles. The van der Waals surface area contributed by atoms with Gasteiger partial charge in [-0.2, -0.15) is 5.10 Å². The number of amides is 2. The Morgan fingerprint density at radius 3 is 2.67 bits per heavy atom. The first-order chi connectivity index (χ1) is 11.7. The van der Waals surface area contributed by atoms with Gasteiger partial charge in [0.15, 0.2) is 0 Å². The smallest absolute Gasteiger partial charge is 0.315 e. The third-order valence-electron chi connectivity index (χ3n) is 3.72. The van der Waals surface area contributed by atoms with Crippen molar-refractivity contribution in [2.75, 3.05) is 0 Å². The van der Waals surface area contributed by atoms with Crippen molar-refractivity contribution in [2.45, 2.75) is 20.0 Å². The lowest BCUT2D eigenvalue weighted by atomic mass is 10.2. The molecule has 0 saturated heterocycles. The largest absolute Gasteiger partial charge is 0.334 e. The molecule has 0 atom stereocenters. The Morgan fingerprint density at radius 2 is 1.88 bits per heavy atom. The van der Waals surface area contributed by atoms with Gasteiger partial charge in [0.1, 0.15) is 0 Å². The Balaban J connectivity index is 1.58. The summed E-state index contributed by atoms with van der Waals surface area (Å²) < 4.78 is 1.78. The number of carbonyl (C=O) groups excluding carboxylic acids is 1. The molecule has 2 N–H and O–H groups in total. The van der Waals surface area contributed by atoms with Gasteiger partial charge in [-0.15, -0.1) is 0 Å². The first-order valence-corrected chi connectivity index (χ1v) is 7.74. The van der Waals surface area contributed by atoms with Gasteiger partial charge in [0.25, 0.3) is 0 Å². The van der Waals surface area contributed by atoms with Gasteiger partial charge in [-0.25, -0.2) is 9.48 Å². The van der Waals surface area contributed by atoms with Crippen LogP contribution in [0.3, 0.4) is 0 Å². The summed E-state index contributed by atoms with van der Waals surface area (Å²) in [7, 11) is 0. The van der Waals surface area contributed by atoms with Crippen molar-refractivity contribution in [3.63, 3.8) is 0 Å². The van der Waals surface area contributed by atoms with E-state index in [0.29, 0.717) is 13.1 Å². The van der Waals surface area contributed by atoms with Gasteiger partial charge in [-0.3, -0.25) is 4.98 Å². The van der Waals surface area contributed by atoms with E-state index in [0.717, 1.165) is 22.5 Å². The highest BCUT2D eigenvalue weighted by molar-refractivity contribution is 5.73. The molecular formula is C18H19N5O. The van der Waals surface area contributed by atoms with E-state index in [2.05, 4.69) is 20.7 Å². The van der Waals surface area contributed by atoms with E-state index in [1.165, 1.54) is 0 Å². The zero-order chi connectivity index (χ0) is 16.8. The number of benzene rings is 1. The molecule has 1 aromatic carbocycles. The quantitative estimate of drug-likeness (QED) is 0.758. The summed E-state index contributed by atoms with van der Waals surface area (Å²) in [5.41, 5.74) is 3.86. The van der Waals surface area contributed by atoms with Gasteiger partial charge in [-0.05, 0) is 36.2 Å². The summed E-state index contributed by atoms with van der Waals surface area (Å²) in [5.74, 6) is 0. The molecule has 0 bridgehead atoms. The maximum Gasteiger partial charge on any atom is 0.315 e. The Hall–Kier alpha value is -3.15. The van der Waals surface area contributed by atoms with Crippen LogP contribution in [0.15, 0.2) is 61.1 Å². The van der Waals surface area contributed by atoms with Crippen LogP contribution in [-0.2, 0) is 13.1 Å². The monoisotopic (exact) mass is 321 g/mol. The molecule has 0 aliphatic rings. The van der Waals surface area contributed by atoms with E-state index in [1.54, 1.807) is 17.1 Å². The number of aryl methyl sites for hydroxylation is 1. The van der Waals surface area contributed by atoms with Gasteiger partial charge in [0.2, 0.25) is 0 Å². The fraction of sp³-hybridized carbons (Fsp3) is 0.167. The highest BCUT2D eigenvalue weighted by Crippen LogP contribution is 2.13. The summed E-state index contributed by atoms with van der Waals surface area (Å²) in [4.78, 5) is 16.3. The fourth-order valence-electron chi connectivity index (χ4n) is 2.40. The second-order valence-electron chi connectivity index (χ2n) is 5.38. The van der Waals surface area contributed by atoms with Crippen molar-refractivity contribution in [3.05, 3.63) is 77.9 Å². The van der Waals surface area contributed by atoms with Crippen LogP contribution in [0, 0.1) is 6.92 Å². The number of urea groups is 1. The van der Waals surface area contributed by atoms with E-state index in [1.807, 2.05) is 55.6 Å². The molecule has 3 rings (SSSR count). The summed E-state index contributed by atoms with van der Waals surface area (Å²) >= 11 is 0. The van der Waals surface area contributed by atoms with Crippen molar-refractivity contribution in [1.82, 2.24) is 25.4 Å². The van der Waals surface area contributed by atoms with Crippen molar-refractivity contribution in [1.29, 1.82) is 0 Å². The molecule has 0 saturated carbocycles. The molecule has 0 unspecified atom stereocenters. The fourth-order valence-corrected chi connectivity index (χ4v) is 2.40. The summed E-state index contributed by atoms with van der Waals surface area (Å²) in [5, 5.41) is 9.94. The first kappa shape index (κ1) is 15.7. The summed E-state index contributed by atoms with van der Waals surface area (Å²) in [6, 6.07) is 13.3. The molecule has 0 spiro atoms. The molecule has 0 fully saturated rings. The molecule has 6 heteroatoms. The number of hydrogen-bond acceptors (Lipinski definition) is 3. The number of hydrogen-bond donors (Lipinski definition) is 2. The maximum atomic E-state index is 12.0. The predicted octanol–water partition coefficient (Wildman–Crippen LogP) is 2.58. The molecule has 24 heavy (non-hydrogen) atoms. The molecule has 6 nitrogen and oxygen atoms in total. The number of carbonyl (C=O) groups is 1. The van der Waals surface area contributed by atoms with E-state index >= 15 is 0 Å². The van der Waals surface area contributed by atoms with Gasteiger partial charge in [0.05, 0.1) is 17.9 Å². The Kier molecular flexibility index (Phi) is 4.86. The lowest BCUT2D eigenvalue weighted by Crippen LogP contribution is -2.35. The number of aromatic nitrogens is 3. The molecule has 2 amide bonds. The van der Waals surface area contributed by atoms with Crippen LogP contribution in [0.5, 0.6) is 0 Å². The van der Waals surface area contributed by atoms with Crippen LogP contribution < -0.4 is 10.6 Å². The minimum atomic E-state index is -0.227. The Bertz CT molecular complexity index is 814. The van der Waals surface area contributed by atoms with Gasteiger partial charge >= 0.3 is 6.03 Å². The van der Waals surface area contributed by atoms with Crippen molar-refractivity contribution in [2.24, 2.45) is 0 Å². The average Bonchev–Trinajstić information content (AvgIpc) is 3.14. The highest BCUT2D eigenvalue weighted by atomic mass is 16.2. The van der Waals surface area contributed by atoms with E-state index in [9.17, 15) is 4.79 Å². The number of nitrogens with one attached hydrogen (secondary N) is 2. The third-order valence-corrected chi connectivity index (χ3v) is 3.72. The zero-order valence-corrected chi connectivity index (χ0v) is 13.4. The molecular weight excluding hydrogens is 302 g/mol. The molecule has 0 aliphatic heterocycles. The second-order valence-corrected chi connectivity index (χ2v) is 5.38. The molecule has 2 heterocycles. The molecule has 122 valence electrons. The zero-order valence-electron chi connectivity index (χ0n) is 13.4. The summed E-state index contributed by atoms with van der Waals surface area (Å²) in [6.07, 6.45) is 5.33. The van der Waals surface area contributed by atoms with Crippen LogP contribution in [0.4, 0.5) is 4.79 Å². The minimum absolute atomic E-state index is 0.227. The molecule has 3 aromatic rings. The third kappa shape index (κ3) is 3.78. The number of para-hydroxylation sites is 1. The molecule has 0 radical (unpaired) electrons. The van der Waals surface area contributed by atoms with Crippen molar-refractivity contribution >= 4 is 6.03 Å². The van der Waals surface area contributed by atoms with E-state index < -0.39 is 0 Å². The standard InChI is InChI=1S/C18H19N5O/c1-14-6-4-9-19-16(14)13-21-18(24)20-12-15-7-2-3-8-17(15)23-11-5-10-22-23/h2-11H,12-13H2,1H3,(H2,20,21,24). The maximum absolute atomic E-state index is 12.0. The molecule has 0 aliphatic carbocycles. The minimum Gasteiger partial charge on any atom is -0.334 e. The van der Waals surface area contributed by atoms with Crippen LogP contribution in [-0.4, -0.2) is 20.8 Å². The van der Waals surface area contributed by atoms with Gasteiger partial charge in [0, 0.05) is 25.1 Å². The topological polar surface area (TPSA) is 71.8 Å². The highest BCUT2D eigenvalue weighted by Gasteiger charge is 2.07. The van der Waals surface area contributed by atoms with Gasteiger partial charge in [-0.1, -0.05) is 24.3 Å². The SMILES string of the molecule is Cc1cccnc1CNC(=O)NCc1ccccc1-n1cccn1. The second kappa shape index (κ2) is 7.41. The van der Waals surface area contributed by atoms with Crippen LogP contribution in [0.1, 0.15) is 16.8 Å². The average molecular weight is 321 g/mol. The normalized spacial score (nSPS) is 10.4. The summed E-state index contributed by atoms with van der Waals surface area (Å²) in [6.45, 7) is 2.80. The van der Waals surface area contributed by atoms with Crippen LogP contribution in [0.25, 0.3) is 5.69 Å². The predicted molar refractivity (Wildman–Crippen MR) is 91.6 cm³/mol. The van der Waals surface area contributed by atoms with E-state index in [-0.39, 0.29) is 6.03 Å². The lowest BCUT2D eigenvalue weighted by Gasteiger charge is -2.12. The van der Waals surface area contributed by atoms with Gasteiger partial charge < -0.3 is 10.6 Å². The Morgan fingerprint density at radius 1 is 1.04 bits per heavy atom.